The highest BCUT2D eigenvalue weighted by molar-refractivity contribution is 6.07. The first-order valence-electron chi connectivity index (χ1n) is 3.97. The van der Waals surface area contributed by atoms with E-state index in [2.05, 4.69) is 0 Å². The van der Waals surface area contributed by atoms with Gasteiger partial charge in [-0.05, 0) is 12.1 Å². The monoisotopic (exact) mass is 212 g/mol. The van der Waals surface area contributed by atoms with E-state index in [1.54, 1.807) is 0 Å². The lowest BCUT2D eigenvalue weighted by Gasteiger charge is -2.20. The third-order valence-corrected chi connectivity index (χ3v) is 1.98. The number of nitrogens with two attached hydrogens (primary N) is 2. The number of carbonyl (C=O) groups excluding carboxylic acids is 2. The van der Waals surface area contributed by atoms with Crippen molar-refractivity contribution in [3.8, 4) is 0 Å². The van der Waals surface area contributed by atoms with Crippen LogP contribution in [0, 0.1) is 5.82 Å². The summed E-state index contributed by atoms with van der Waals surface area (Å²) in [5.74, 6) is -3.18. The molecule has 0 aliphatic carbocycles. The zero-order valence-corrected chi connectivity index (χ0v) is 7.61. The Labute approximate surface area is 84.5 Å². The second kappa shape index (κ2) is 3.66. The first kappa shape index (κ1) is 11.1. The predicted octanol–water partition coefficient (Wildman–Crippen LogP) is -1.02. The number of amides is 2. The Morgan fingerprint density at radius 2 is 1.53 bits per heavy atom. The SMILES string of the molecule is NC(=O)C(O)(C(N)=O)c1ccc(F)cc1. The number of hydrogen-bond donors (Lipinski definition) is 3. The van der Waals surface area contributed by atoms with E-state index in [9.17, 15) is 19.1 Å². The highest BCUT2D eigenvalue weighted by Crippen LogP contribution is 2.20. The van der Waals surface area contributed by atoms with Gasteiger partial charge in [-0.15, -0.1) is 0 Å². The van der Waals surface area contributed by atoms with Crippen LogP contribution >= 0.6 is 0 Å². The zero-order valence-electron chi connectivity index (χ0n) is 7.61. The average molecular weight is 212 g/mol. The van der Waals surface area contributed by atoms with Crippen LogP contribution in [0.2, 0.25) is 0 Å². The van der Waals surface area contributed by atoms with E-state index < -0.39 is 23.2 Å². The van der Waals surface area contributed by atoms with Gasteiger partial charge in [0.1, 0.15) is 5.82 Å². The van der Waals surface area contributed by atoms with Crippen molar-refractivity contribution in [2.24, 2.45) is 11.5 Å². The number of rotatable bonds is 3. The summed E-state index contributed by atoms with van der Waals surface area (Å²) in [4.78, 5) is 21.9. The van der Waals surface area contributed by atoms with Crippen molar-refractivity contribution < 1.29 is 19.1 Å². The number of aliphatic hydroxyl groups is 1. The molecule has 5 nitrogen and oxygen atoms in total. The van der Waals surface area contributed by atoms with E-state index >= 15 is 0 Å². The van der Waals surface area contributed by atoms with Gasteiger partial charge in [0.25, 0.3) is 11.8 Å². The molecule has 5 N–H and O–H groups in total. The smallest absolute Gasteiger partial charge is 0.264 e. The van der Waals surface area contributed by atoms with Crippen molar-refractivity contribution in [2.45, 2.75) is 5.60 Å². The molecule has 0 spiro atoms. The van der Waals surface area contributed by atoms with E-state index in [1.807, 2.05) is 0 Å². The summed E-state index contributed by atoms with van der Waals surface area (Å²) in [6, 6.07) is 4.08. The Kier molecular flexibility index (Phi) is 2.71. The second-order valence-electron chi connectivity index (χ2n) is 2.95. The molecule has 0 fully saturated rings. The van der Waals surface area contributed by atoms with Crippen molar-refractivity contribution >= 4 is 11.8 Å². The van der Waals surface area contributed by atoms with Crippen LogP contribution in [0.3, 0.4) is 0 Å². The van der Waals surface area contributed by atoms with Crippen molar-refractivity contribution in [2.75, 3.05) is 0 Å². The molecule has 2 amide bonds. The van der Waals surface area contributed by atoms with Crippen LogP contribution in [0.15, 0.2) is 24.3 Å². The molecule has 0 atom stereocenters. The molecule has 15 heavy (non-hydrogen) atoms. The number of hydrogen-bond acceptors (Lipinski definition) is 3. The summed E-state index contributed by atoms with van der Waals surface area (Å²) in [5.41, 5.74) is 6.95. The third-order valence-electron chi connectivity index (χ3n) is 1.98. The number of carbonyl (C=O) groups is 2. The van der Waals surface area contributed by atoms with E-state index in [4.69, 9.17) is 11.5 Å². The molecule has 0 aromatic heterocycles. The summed E-state index contributed by atoms with van der Waals surface area (Å²) in [6.45, 7) is 0. The molecule has 0 heterocycles. The van der Waals surface area contributed by atoms with Crippen LogP contribution in [-0.4, -0.2) is 16.9 Å². The van der Waals surface area contributed by atoms with Gasteiger partial charge in [0.05, 0.1) is 0 Å². The fourth-order valence-corrected chi connectivity index (χ4v) is 1.10. The van der Waals surface area contributed by atoms with Crippen LogP contribution in [0.1, 0.15) is 5.56 Å². The van der Waals surface area contributed by atoms with E-state index in [0.717, 1.165) is 24.3 Å². The van der Waals surface area contributed by atoms with Crippen molar-refractivity contribution in [1.82, 2.24) is 0 Å². The predicted molar refractivity (Wildman–Crippen MR) is 48.7 cm³/mol. The molecule has 1 aromatic carbocycles. The highest BCUT2D eigenvalue weighted by atomic mass is 19.1. The lowest BCUT2D eigenvalue weighted by Crippen LogP contribution is -2.51. The number of primary amides is 2. The van der Waals surface area contributed by atoms with Crippen LogP contribution < -0.4 is 11.5 Å². The lowest BCUT2D eigenvalue weighted by molar-refractivity contribution is -0.150. The molecule has 0 aliphatic rings. The Morgan fingerprint density at radius 3 is 1.87 bits per heavy atom. The first-order chi connectivity index (χ1) is 6.89. The number of halogens is 1. The molecule has 0 radical (unpaired) electrons. The van der Waals surface area contributed by atoms with Crippen molar-refractivity contribution in [3.63, 3.8) is 0 Å². The highest BCUT2D eigenvalue weighted by Gasteiger charge is 2.42. The molecule has 0 saturated carbocycles. The molecular formula is C9H9FN2O3. The minimum Gasteiger partial charge on any atom is -0.368 e. The fraction of sp³-hybridized carbons (Fsp3) is 0.111. The third kappa shape index (κ3) is 1.79. The van der Waals surface area contributed by atoms with Gasteiger partial charge in [0.15, 0.2) is 0 Å². The van der Waals surface area contributed by atoms with Gasteiger partial charge in [-0.3, -0.25) is 9.59 Å². The fourth-order valence-electron chi connectivity index (χ4n) is 1.10. The minimum atomic E-state index is -2.60. The molecule has 6 heteroatoms. The Hall–Kier alpha value is -1.95. The van der Waals surface area contributed by atoms with E-state index in [-0.39, 0.29) is 5.56 Å². The molecule has 0 saturated heterocycles. The maximum atomic E-state index is 12.6. The Balaban J connectivity index is 3.28. The van der Waals surface area contributed by atoms with Gasteiger partial charge in [-0.1, -0.05) is 12.1 Å². The molecule has 1 rings (SSSR count). The van der Waals surface area contributed by atoms with Gasteiger partial charge >= 0.3 is 0 Å². The van der Waals surface area contributed by atoms with Crippen LogP contribution in [0.4, 0.5) is 4.39 Å². The van der Waals surface area contributed by atoms with Crippen molar-refractivity contribution in [3.05, 3.63) is 35.6 Å². The van der Waals surface area contributed by atoms with Gasteiger partial charge in [0, 0.05) is 5.56 Å². The Bertz CT molecular complexity index is 388. The molecular weight excluding hydrogens is 203 g/mol. The molecule has 0 bridgehead atoms. The summed E-state index contributed by atoms with van der Waals surface area (Å²) in [6.07, 6.45) is 0. The van der Waals surface area contributed by atoms with Gasteiger partial charge in [-0.2, -0.15) is 0 Å². The largest absolute Gasteiger partial charge is 0.368 e. The minimum absolute atomic E-state index is 0.163. The summed E-state index contributed by atoms with van der Waals surface area (Å²) in [7, 11) is 0. The van der Waals surface area contributed by atoms with Crippen molar-refractivity contribution in [1.29, 1.82) is 0 Å². The standard InChI is InChI=1S/C9H9FN2O3/c10-6-3-1-5(2-4-6)9(15,7(11)13)8(12)14/h1-4,15H,(H2,11,13)(H2,12,14). The van der Waals surface area contributed by atoms with Gasteiger partial charge in [0.2, 0.25) is 5.60 Å². The van der Waals surface area contributed by atoms with E-state index in [0.29, 0.717) is 0 Å². The quantitative estimate of drug-likeness (QED) is 0.558. The average Bonchev–Trinajstić information content (AvgIpc) is 2.17. The molecule has 0 aliphatic heterocycles. The Morgan fingerprint density at radius 1 is 1.13 bits per heavy atom. The summed E-state index contributed by atoms with van der Waals surface area (Å²) < 4.78 is 12.6. The lowest BCUT2D eigenvalue weighted by atomic mass is 9.92. The number of benzene rings is 1. The summed E-state index contributed by atoms with van der Waals surface area (Å²) >= 11 is 0. The molecule has 1 aromatic rings. The zero-order chi connectivity index (χ0) is 11.6. The van der Waals surface area contributed by atoms with Crippen LogP contribution in [0.25, 0.3) is 0 Å². The maximum absolute atomic E-state index is 12.6. The van der Waals surface area contributed by atoms with E-state index in [1.165, 1.54) is 0 Å². The van der Waals surface area contributed by atoms with Crippen LogP contribution in [0.5, 0.6) is 0 Å². The van der Waals surface area contributed by atoms with Gasteiger partial charge in [-0.25, -0.2) is 4.39 Å². The first-order valence-corrected chi connectivity index (χ1v) is 3.97. The van der Waals surface area contributed by atoms with Gasteiger partial charge < -0.3 is 16.6 Å². The molecule has 0 unspecified atom stereocenters. The second-order valence-corrected chi connectivity index (χ2v) is 2.95. The molecule has 80 valence electrons. The normalized spacial score (nSPS) is 11.1. The maximum Gasteiger partial charge on any atom is 0.264 e. The topological polar surface area (TPSA) is 106 Å². The van der Waals surface area contributed by atoms with Crippen LogP contribution in [-0.2, 0) is 15.2 Å². The summed E-state index contributed by atoms with van der Waals surface area (Å²) in [5, 5.41) is 9.66.